The van der Waals surface area contributed by atoms with Crippen LogP contribution in [-0.4, -0.2) is 50.2 Å². The molecule has 3 aliphatic rings. The minimum absolute atomic E-state index is 0.299. The fraction of sp³-hybridized carbons (Fsp3) is 0.938. The molecular weight excluding hydrogens is 252 g/mol. The first-order valence-electron chi connectivity index (χ1n) is 8.25. The third-order valence-electron chi connectivity index (χ3n) is 5.66. The summed E-state index contributed by atoms with van der Waals surface area (Å²) in [6.07, 6.45) is 5.47. The lowest BCUT2D eigenvalue weighted by Crippen LogP contribution is -2.36. The maximum absolute atomic E-state index is 12.5. The van der Waals surface area contributed by atoms with Gasteiger partial charge in [0.05, 0.1) is 6.61 Å². The van der Waals surface area contributed by atoms with Crippen molar-refractivity contribution in [2.75, 3.05) is 39.4 Å². The summed E-state index contributed by atoms with van der Waals surface area (Å²) in [5.41, 5.74) is 0.299. The van der Waals surface area contributed by atoms with E-state index in [0.29, 0.717) is 17.2 Å². The molecule has 1 N–H and O–H groups in total. The number of carbonyl (C=O) groups is 1. The Balaban J connectivity index is 1.49. The van der Waals surface area contributed by atoms with Crippen LogP contribution in [0.1, 0.15) is 39.0 Å². The standard InChI is InChI=1S/C16H28N2O2/c1-13(14-2-6-17-7-3-14)10-15(19)18-8-4-16(11-18)5-9-20-12-16/h13-14,17H,2-12H2,1H3. The summed E-state index contributed by atoms with van der Waals surface area (Å²) in [6.45, 7) is 8.12. The molecule has 0 aromatic heterocycles. The topological polar surface area (TPSA) is 41.6 Å². The molecule has 3 heterocycles. The molecule has 20 heavy (non-hydrogen) atoms. The number of amides is 1. The van der Waals surface area contributed by atoms with Crippen molar-refractivity contribution < 1.29 is 9.53 Å². The second-order valence-corrected chi connectivity index (χ2v) is 7.14. The molecule has 0 aliphatic carbocycles. The second kappa shape index (κ2) is 6.02. The zero-order chi connectivity index (χ0) is 14.0. The zero-order valence-corrected chi connectivity index (χ0v) is 12.7. The third kappa shape index (κ3) is 3.01. The SMILES string of the molecule is CC(CC(=O)N1CCC2(CCOC2)C1)C1CCNCC1. The number of nitrogens with zero attached hydrogens (tertiary/aromatic N) is 1. The first-order chi connectivity index (χ1) is 9.69. The average molecular weight is 280 g/mol. The van der Waals surface area contributed by atoms with Gasteiger partial charge in [-0.1, -0.05) is 6.92 Å². The molecule has 0 bridgehead atoms. The van der Waals surface area contributed by atoms with Crippen LogP contribution in [0.5, 0.6) is 0 Å². The number of carbonyl (C=O) groups excluding carboxylic acids is 1. The summed E-state index contributed by atoms with van der Waals surface area (Å²) in [5.74, 6) is 1.63. The van der Waals surface area contributed by atoms with Crippen molar-refractivity contribution in [3.8, 4) is 0 Å². The molecule has 0 aromatic rings. The molecule has 1 spiro atoms. The van der Waals surface area contributed by atoms with E-state index in [1.807, 2.05) is 0 Å². The Morgan fingerprint density at radius 3 is 2.90 bits per heavy atom. The van der Waals surface area contributed by atoms with Gasteiger partial charge in [0.2, 0.25) is 5.91 Å². The highest BCUT2D eigenvalue weighted by Crippen LogP contribution is 2.38. The molecule has 3 rings (SSSR count). The van der Waals surface area contributed by atoms with Crippen molar-refractivity contribution >= 4 is 5.91 Å². The number of hydrogen-bond donors (Lipinski definition) is 1. The highest BCUT2D eigenvalue weighted by molar-refractivity contribution is 5.76. The summed E-state index contributed by atoms with van der Waals surface area (Å²) in [4.78, 5) is 14.6. The van der Waals surface area contributed by atoms with Crippen LogP contribution in [0.4, 0.5) is 0 Å². The van der Waals surface area contributed by atoms with E-state index < -0.39 is 0 Å². The van der Waals surface area contributed by atoms with Crippen LogP contribution in [0, 0.1) is 17.3 Å². The number of rotatable bonds is 3. The number of piperidine rings is 1. The van der Waals surface area contributed by atoms with Crippen molar-refractivity contribution in [3.05, 3.63) is 0 Å². The van der Waals surface area contributed by atoms with Crippen LogP contribution in [-0.2, 0) is 9.53 Å². The maximum Gasteiger partial charge on any atom is 0.222 e. The van der Waals surface area contributed by atoms with Gasteiger partial charge in [-0.05, 0) is 50.6 Å². The van der Waals surface area contributed by atoms with E-state index in [9.17, 15) is 4.79 Å². The second-order valence-electron chi connectivity index (χ2n) is 7.14. The molecule has 0 radical (unpaired) electrons. The highest BCUT2D eigenvalue weighted by atomic mass is 16.5. The van der Waals surface area contributed by atoms with Gasteiger partial charge in [-0.15, -0.1) is 0 Å². The summed E-state index contributed by atoms with van der Waals surface area (Å²) >= 11 is 0. The minimum Gasteiger partial charge on any atom is -0.381 e. The Labute approximate surface area is 122 Å². The van der Waals surface area contributed by atoms with Gasteiger partial charge in [0.25, 0.3) is 0 Å². The molecule has 114 valence electrons. The third-order valence-corrected chi connectivity index (χ3v) is 5.66. The number of likely N-dealkylation sites (tertiary alicyclic amines) is 1. The number of nitrogens with one attached hydrogen (secondary N) is 1. The predicted molar refractivity (Wildman–Crippen MR) is 78.4 cm³/mol. The monoisotopic (exact) mass is 280 g/mol. The Bertz CT molecular complexity index is 346. The molecule has 3 saturated heterocycles. The van der Waals surface area contributed by atoms with E-state index >= 15 is 0 Å². The van der Waals surface area contributed by atoms with Gasteiger partial charge in [0.15, 0.2) is 0 Å². The number of hydrogen-bond acceptors (Lipinski definition) is 3. The van der Waals surface area contributed by atoms with E-state index in [-0.39, 0.29) is 0 Å². The van der Waals surface area contributed by atoms with Crippen molar-refractivity contribution in [1.29, 1.82) is 0 Å². The van der Waals surface area contributed by atoms with Crippen molar-refractivity contribution in [2.45, 2.75) is 39.0 Å². The fourth-order valence-electron chi connectivity index (χ4n) is 4.10. The Hall–Kier alpha value is -0.610. The van der Waals surface area contributed by atoms with E-state index in [1.54, 1.807) is 0 Å². The van der Waals surface area contributed by atoms with E-state index in [0.717, 1.165) is 64.6 Å². The van der Waals surface area contributed by atoms with Crippen molar-refractivity contribution in [2.24, 2.45) is 17.3 Å². The summed E-state index contributed by atoms with van der Waals surface area (Å²) in [5, 5.41) is 3.40. The molecule has 4 heteroatoms. The highest BCUT2D eigenvalue weighted by Gasteiger charge is 2.42. The van der Waals surface area contributed by atoms with Crippen LogP contribution in [0.25, 0.3) is 0 Å². The average Bonchev–Trinajstić information content (AvgIpc) is 3.10. The fourth-order valence-corrected chi connectivity index (χ4v) is 4.10. The van der Waals surface area contributed by atoms with Gasteiger partial charge >= 0.3 is 0 Å². The van der Waals surface area contributed by atoms with Crippen LogP contribution in [0.3, 0.4) is 0 Å². The molecule has 3 aliphatic heterocycles. The lowest BCUT2D eigenvalue weighted by Gasteiger charge is -2.29. The summed E-state index contributed by atoms with van der Waals surface area (Å²) in [7, 11) is 0. The molecular formula is C16H28N2O2. The van der Waals surface area contributed by atoms with Crippen LogP contribution in [0.2, 0.25) is 0 Å². The molecule has 1 amide bonds. The lowest BCUT2D eigenvalue weighted by atomic mass is 9.84. The smallest absolute Gasteiger partial charge is 0.222 e. The van der Waals surface area contributed by atoms with Crippen LogP contribution in [0.15, 0.2) is 0 Å². The van der Waals surface area contributed by atoms with Gasteiger partial charge in [0, 0.05) is 31.5 Å². The quantitative estimate of drug-likeness (QED) is 0.855. The summed E-state index contributed by atoms with van der Waals surface area (Å²) in [6, 6.07) is 0. The van der Waals surface area contributed by atoms with Gasteiger partial charge in [-0.25, -0.2) is 0 Å². The lowest BCUT2D eigenvalue weighted by molar-refractivity contribution is -0.131. The van der Waals surface area contributed by atoms with E-state index in [2.05, 4.69) is 17.1 Å². The maximum atomic E-state index is 12.5. The van der Waals surface area contributed by atoms with Crippen molar-refractivity contribution in [3.63, 3.8) is 0 Å². The Morgan fingerprint density at radius 1 is 1.40 bits per heavy atom. The zero-order valence-electron chi connectivity index (χ0n) is 12.7. The first-order valence-corrected chi connectivity index (χ1v) is 8.25. The van der Waals surface area contributed by atoms with Gasteiger partial charge in [-0.3, -0.25) is 4.79 Å². The molecule has 3 fully saturated rings. The van der Waals surface area contributed by atoms with E-state index in [1.165, 1.54) is 12.8 Å². The van der Waals surface area contributed by atoms with E-state index in [4.69, 9.17) is 4.74 Å². The van der Waals surface area contributed by atoms with Gasteiger partial charge < -0.3 is 15.0 Å². The Morgan fingerprint density at radius 2 is 2.20 bits per heavy atom. The summed E-state index contributed by atoms with van der Waals surface area (Å²) < 4.78 is 5.54. The molecule has 0 saturated carbocycles. The molecule has 0 aromatic carbocycles. The van der Waals surface area contributed by atoms with Crippen LogP contribution < -0.4 is 5.32 Å². The largest absolute Gasteiger partial charge is 0.381 e. The molecule has 4 nitrogen and oxygen atoms in total. The molecule has 2 unspecified atom stereocenters. The first kappa shape index (κ1) is 14.3. The van der Waals surface area contributed by atoms with Gasteiger partial charge in [0.1, 0.15) is 0 Å². The Kier molecular flexibility index (Phi) is 4.32. The van der Waals surface area contributed by atoms with Crippen LogP contribution >= 0.6 is 0 Å². The number of ether oxygens (including phenoxy) is 1. The van der Waals surface area contributed by atoms with Crippen molar-refractivity contribution in [1.82, 2.24) is 10.2 Å². The molecule has 2 atom stereocenters. The predicted octanol–water partition coefficient (Wildman–Crippen LogP) is 1.65. The minimum atomic E-state index is 0.299. The van der Waals surface area contributed by atoms with Gasteiger partial charge in [-0.2, -0.15) is 0 Å². The normalized spacial score (nSPS) is 33.0.